The van der Waals surface area contributed by atoms with Crippen LogP contribution in [0.1, 0.15) is 18.9 Å². The molecule has 25 heavy (non-hydrogen) atoms. The molecule has 0 amide bonds. The maximum absolute atomic E-state index is 12.4. The Labute approximate surface area is 151 Å². The van der Waals surface area contributed by atoms with Gasteiger partial charge >= 0.3 is 0 Å². The fourth-order valence-corrected chi connectivity index (χ4v) is 2.87. The molecule has 0 saturated carbocycles. The zero-order valence-electron chi connectivity index (χ0n) is 14.2. The van der Waals surface area contributed by atoms with Gasteiger partial charge in [-0.15, -0.1) is 0 Å². The zero-order valence-corrected chi connectivity index (χ0v) is 14.9. The number of ether oxygens (including phenoxy) is 2. The SMILES string of the molecule is CC(COC1CCOC1)Nc1cnn(Cc2ccccc2)c(=O)c1Cl. The van der Waals surface area contributed by atoms with Crippen LogP contribution in [0.3, 0.4) is 0 Å². The average Bonchev–Trinajstić information content (AvgIpc) is 3.14. The van der Waals surface area contributed by atoms with Gasteiger partial charge in [0.05, 0.1) is 37.7 Å². The zero-order chi connectivity index (χ0) is 17.6. The van der Waals surface area contributed by atoms with Crippen molar-refractivity contribution in [3.63, 3.8) is 0 Å². The highest BCUT2D eigenvalue weighted by Gasteiger charge is 2.18. The number of rotatable bonds is 7. The molecule has 0 spiro atoms. The van der Waals surface area contributed by atoms with Crippen LogP contribution in [-0.4, -0.2) is 41.7 Å². The first-order valence-electron chi connectivity index (χ1n) is 8.39. The summed E-state index contributed by atoms with van der Waals surface area (Å²) in [6.07, 6.45) is 2.66. The summed E-state index contributed by atoms with van der Waals surface area (Å²) in [7, 11) is 0. The quantitative estimate of drug-likeness (QED) is 0.819. The van der Waals surface area contributed by atoms with Gasteiger partial charge in [0.1, 0.15) is 5.02 Å². The smallest absolute Gasteiger partial charge is 0.287 e. The molecule has 3 rings (SSSR count). The van der Waals surface area contributed by atoms with Crippen molar-refractivity contribution < 1.29 is 9.47 Å². The van der Waals surface area contributed by atoms with Crippen LogP contribution in [-0.2, 0) is 16.0 Å². The molecule has 1 N–H and O–H groups in total. The van der Waals surface area contributed by atoms with Gasteiger partial charge in [-0.1, -0.05) is 41.9 Å². The second kappa shape index (κ2) is 8.47. The van der Waals surface area contributed by atoms with Gasteiger partial charge in [0.25, 0.3) is 5.56 Å². The van der Waals surface area contributed by atoms with Crippen molar-refractivity contribution in [3.8, 4) is 0 Å². The standard InChI is InChI=1S/C18H22ClN3O3/c1-13(11-25-15-7-8-24-12-15)21-16-9-20-22(18(23)17(16)19)10-14-5-3-2-4-6-14/h2-6,9,13,15,21H,7-8,10-12H2,1H3. The van der Waals surface area contributed by atoms with E-state index in [4.69, 9.17) is 21.1 Å². The molecule has 1 aliphatic heterocycles. The maximum atomic E-state index is 12.4. The fraction of sp³-hybridized carbons (Fsp3) is 0.444. The summed E-state index contributed by atoms with van der Waals surface area (Å²) in [4.78, 5) is 12.4. The fourth-order valence-electron chi connectivity index (χ4n) is 2.67. The first-order valence-corrected chi connectivity index (χ1v) is 8.76. The summed E-state index contributed by atoms with van der Waals surface area (Å²) in [5.41, 5.74) is 1.21. The van der Waals surface area contributed by atoms with Gasteiger partial charge in [-0.2, -0.15) is 5.10 Å². The largest absolute Gasteiger partial charge is 0.379 e. The van der Waals surface area contributed by atoms with E-state index in [1.165, 1.54) is 4.68 Å². The molecule has 0 aliphatic carbocycles. The van der Waals surface area contributed by atoms with E-state index in [2.05, 4.69) is 10.4 Å². The minimum absolute atomic E-state index is 0.00396. The predicted octanol–water partition coefficient (Wildman–Crippen LogP) is 2.55. The monoisotopic (exact) mass is 363 g/mol. The molecule has 0 bridgehead atoms. The van der Waals surface area contributed by atoms with Crippen LogP contribution in [0.2, 0.25) is 5.02 Å². The first-order chi connectivity index (χ1) is 12.1. The van der Waals surface area contributed by atoms with Crippen LogP contribution >= 0.6 is 11.6 Å². The van der Waals surface area contributed by atoms with E-state index in [0.29, 0.717) is 25.4 Å². The molecule has 1 aromatic carbocycles. The molecule has 2 atom stereocenters. The molecule has 2 unspecified atom stereocenters. The van der Waals surface area contributed by atoms with Crippen LogP contribution in [0, 0.1) is 0 Å². The molecular formula is C18H22ClN3O3. The van der Waals surface area contributed by atoms with E-state index in [9.17, 15) is 4.79 Å². The first kappa shape index (κ1) is 17.9. The van der Waals surface area contributed by atoms with Gasteiger partial charge in [-0.3, -0.25) is 4.79 Å². The van der Waals surface area contributed by atoms with Crippen LogP contribution in [0.15, 0.2) is 41.3 Å². The molecular weight excluding hydrogens is 342 g/mol. The second-order valence-corrected chi connectivity index (χ2v) is 6.56. The Hall–Kier alpha value is -1.89. The van der Waals surface area contributed by atoms with Crippen molar-refractivity contribution >= 4 is 17.3 Å². The van der Waals surface area contributed by atoms with Gasteiger partial charge in [-0.05, 0) is 18.9 Å². The van der Waals surface area contributed by atoms with Gasteiger partial charge in [0, 0.05) is 12.6 Å². The number of hydrogen-bond acceptors (Lipinski definition) is 5. The van der Waals surface area contributed by atoms with Gasteiger partial charge in [0.2, 0.25) is 0 Å². The minimum Gasteiger partial charge on any atom is -0.379 e. The molecule has 0 radical (unpaired) electrons. The topological polar surface area (TPSA) is 65.4 Å². The third-order valence-electron chi connectivity index (χ3n) is 4.03. The summed E-state index contributed by atoms with van der Waals surface area (Å²) in [6, 6.07) is 9.68. The van der Waals surface area contributed by atoms with Crippen LogP contribution in [0.5, 0.6) is 0 Å². The van der Waals surface area contributed by atoms with Crippen molar-refractivity contribution in [2.45, 2.75) is 32.0 Å². The van der Waals surface area contributed by atoms with Crippen LogP contribution < -0.4 is 10.9 Å². The Kier molecular flexibility index (Phi) is 6.07. The molecule has 2 heterocycles. The van der Waals surface area contributed by atoms with Gasteiger partial charge < -0.3 is 14.8 Å². The molecule has 134 valence electrons. The lowest BCUT2D eigenvalue weighted by molar-refractivity contribution is 0.0395. The minimum atomic E-state index is -0.312. The molecule has 6 nitrogen and oxygen atoms in total. The summed E-state index contributed by atoms with van der Waals surface area (Å²) < 4.78 is 12.4. The van der Waals surface area contributed by atoms with E-state index < -0.39 is 0 Å². The molecule has 1 fully saturated rings. The Morgan fingerprint density at radius 2 is 2.24 bits per heavy atom. The molecule has 1 aliphatic rings. The molecule has 1 saturated heterocycles. The van der Waals surface area contributed by atoms with Crippen molar-refractivity contribution in [1.82, 2.24) is 9.78 Å². The third kappa shape index (κ3) is 4.81. The number of aromatic nitrogens is 2. The van der Waals surface area contributed by atoms with E-state index in [1.54, 1.807) is 6.20 Å². The Balaban J connectivity index is 1.62. The van der Waals surface area contributed by atoms with Gasteiger partial charge in [-0.25, -0.2) is 4.68 Å². The number of nitrogens with zero attached hydrogens (tertiary/aromatic N) is 2. The van der Waals surface area contributed by atoms with E-state index >= 15 is 0 Å². The molecule has 1 aromatic heterocycles. The number of benzene rings is 1. The normalized spacial score (nSPS) is 18.2. The molecule has 7 heteroatoms. The van der Waals surface area contributed by atoms with Crippen LogP contribution in [0.25, 0.3) is 0 Å². The van der Waals surface area contributed by atoms with E-state index in [1.807, 2.05) is 37.3 Å². The highest BCUT2D eigenvalue weighted by molar-refractivity contribution is 6.32. The van der Waals surface area contributed by atoms with Crippen molar-refractivity contribution in [2.75, 3.05) is 25.1 Å². The lowest BCUT2D eigenvalue weighted by Crippen LogP contribution is -2.29. The summed E-state index contributed by atoms with van der Waals surface area (Å²) in [5.74, 6) is 0. The van der Waals surface area contributed by atoms with Crippen LogP contribution in [0.4, 0.5) is 5.69 Å². The second-order valence-electron chi connectivity index (χ2n) is 6.18. The highest BCUT2D eigenvalue weighted by Crippen LogP contribution is 2.17. The lowest BCUT2D eigenvalue weighted by atomic mass is 10.2. The Bertz CT molecular complexity index is 745. The highest BCUT2D eigenvalue weighted by atomic mass is 35.5. The summed E-state index contributed by atoms with van der Waals surface area (Å²) >= 11 is 6.24. The van der Waals surface area contributed by atoms with E-state index in [0.717, 1.165) is 18.6 Å². The average molecular weight is 364 g/mol. The van der Waals surface area contributed by atoms with Crippen molar-refractivity contribution in [3.05, 3.63) is 57.5 Å². The summed E-state index contributed by atoms with van der Waals surface area (Å²) in [6.45, 7) is 4.27. The predicted molar refractivity (Wildman–Crippen MR) is 97.3 cm³/mol. The lowest BCUT2D eigenvalue weighted by Gasteiger charge is -2.18. The molecule has 2 aromatic rings. The Morgan fingerprint density at radius 3 is 2.96 bits per heavy atom. The summed E-state index contributed by atoms with van der Waals surface area (Å²) in [5, 5.41) is 7.55. The Morgan fingerprint density at radius 1 is 1.44 bits per heavy atom. The number of nitrogens with one attached hydrogen (secondary N) is 1. The third-order valence-corrected chi connectivity index (χ3v) is 4.40. The van der Waals surface area contributed by atoms with Crippen molar-refractivity contribution in [2.24, 2.45) is 0 Å². The number of halogens is 1. The number of anilines is 1. The number of hydrogen-bond donors (Lipinski definition) is 1. The van der Waals surface area contributed by atoms with Gasteiger partial charge in [0.15, 0.2) is 0 Å². The maximum Gasteiger partial charge on any atom is 0.287 e. The van der Waals surface area contributed by atoms with Crippen molar-refractivity contribution in [1.29, 1.82) is 0 Å². The van der Waals surface area contributed by atoms with E-state index in [-0.39, 0.29) is 22.7 Å².